The van der Waals surface area contributed by atoms with Crippen molar-refractivity contribution < 1.29 is 68.1 Å². The highest BCUT2D eigenvalue weighted by molar-refractivity contribution is 5.98. The van der Waals surface area contributed by atoms with Crippen molar-refractivity contribution in [2.45, 2.75) is 146 Å². The summed E-state index contributed by atoms with van der Waals surface area (Å²) < 4.78 is 0. The molecule has 0 saturated carbocycles. The Hall–Kier alpha value is -6.93. The minimum Gasteiger partial charge on any atom is -0.481 e. The number of anilines is 1. The summed E-state index contributed by atoms with van der Waals surface area (Å²) in [5.41, 5.74) is 23.5. The van der Waals surface area contributed by atoms with Crippen LogP contribution in [-0.2, 0) is 59.2 Å². The van der Waals surface area contributed by atoms with Gasteiger partial charge in [0.15, 0.2) is 0 Å². The van der Waals surface area contributed by atoms with Gasteiger partial charge in [0.1, 0.15) is 48.3 Å². The number of rotatable bonds is 30. The van der Waals surface area contributed by atoms with Crippen LogP contribution in [0.4, 0.5) is 5.69 Å². The van der Waals surface area contributed by atoms with Crippen LogP contribution in [0.15, 0.2) is 24.3 Å². The summed E-state index contributed by atoms with van der Waals surface area (Å²) in [4.78, 5) is 144. The van der Waals surface area contributed by atoms with Gasteiger partial charge in [0.25, 0.3) is 0 Å². The van der Waals surface area contributed by atoms with E-state index >= 15 is 0 Å². The molecule has 390 valence electrons. The zero-order valence-electron chi connectivity index (χ0n) is 39.9. The maximum atomic E-state index is 14.0. The SMILES string of the molecule is CC(C)[C@H](NC(=O)[C@H](C)N)C(=O)N1CCC[C@H]1C(=O)N[C@@H](Cc1ccc(N)cc1)C(=O)N[C@@H](C)C(=O)N[C@@H](CCC(N)=O)C(=O)N[C@@H](CCCCN)C(=O)N[C@@H](CO)C(=O)N[C@@H](CCC(=O)O)C(=O)O. The second kappa shape index (κ2) is 29.2. The number of nitrogen functional groups attached to an aromatic ring is 1. The van der Waals surface area contributed by atoms with E-state index in [-0.39, 0.29) is 44.7 Å². The highest BCUT2D eigenvalue weighted by atomic mass is 16.4. The Labute approximate surface area is 404 Å². The smallest absolute Gasteiger partial charge is 0.326 e. The van der Waals surface area contributed by atoms with Gasteiger partial charge in [-0.2, -0.15) is 0 Å². The van der Waals surface area contributed by atoms with Crippen molar-refractivity contribution in [3.8, 4) is 0 Å². The molecule has 1 aromatic carbocycles. The predicted molar refractivity (Wildman–Crippen MR) is 250 cm³/mol. The highest BCUT2D eigenvalue weighted by Gasteiger charge is 2.40. The van der Waals surface area contributed by atoms with E-state index in [0.29, 0.717) is 24.1 Å². The van der Waals surface area contributed by atoms with Gasteiger partial charge in [-0.25, -0.2) is 4.79 Å². The van der Waals surface area contributed by atoms with Crippen LogP contribution in [0.5, 0.6) is 0 Å². The Morgan fingerprint density at radius 3 is 1.76 bits per heavy atom. The van der Waals surface area contributed by atoms with Gasteiger partial charge in [-0.15, -0.1) is 0 Å². The van der Waals surface area contributed by atoms with Crippen molar-refractivity contribution in [1.29, 1.82) is 0 Å². The van der Waals surface area contributed by atoms with Crippen LogP contribution in [0.3, 0.4) is 0 Å². The number of hydrogen-bond donors (Lipinski definition) is 14. The summed E-state index contributed by atoms with van der Waals surface area (Å²) in [5, 5.41) is 45.4. The van der Waals surface area contributed by atoms with Crippen molar-refractivity contribution in [2.24, 2.45) is 23.1 Å². The van der Waals surface area contributed by atoms with Crippen LogP contribution < -0.4 is 60.2 Å². The molecule has 26 nitrogen and oxygen atoms in total. The molecule has 0 spiro atoms. The number of nitrogens with two attached hydrogens (primary N) is 4. The minimum atomic E-state index is -1.76. The van der Waals surface area contributed by atoms with Crippen LogP contribution in [0.2, 0.25) is 0 Å². The summed E-state index contributed by atoms with van der Waals surface area (Å²) in [7, 11) is 0. The molecule has 18 N–H and O–H groups in total. The molecule has 0 aromatic heterocycles. The first-order valence-electron chi connectivity index (χ1n) is 23.0. The zero-order chi connectivity index (χ0) is 52.8. The molecule has 0 aliphatic carbocycles. The van der Waals surface area contributed by atoms with Crippen LogP contribution in [0.25, 0.3) is 0 Å². The van der Waals surface area contributed by atoms with Crippen LogP contribution in [-0.4, -0.2) is 159 Å². The first-order valence-corrected chi connectivity index (χ1v) is 23.0. The maximum absolute atomic E-state index is 14.0. The highest BCUT2D eigenvalue weighted by Crippen LogP contribution is 2.21. The summed E-state index contributed by atoms with van der Waals surface area (Å²) in [5.74, 6) is -10.9. The number of primary amides is 1. The Morgan fingerprint density at radius 2 is 1.21 bits per heavy atom. The number of carbonyl (C=O) groups excluding carboxylic acids is 9. The van der Waals surface area contributed by atoms with Crippen molar-refractivity contribution in [3.63, 3.8) is 0 Å². The molecule has 1 fully saturated rings. The third-order valence-corrected chi connectivity index (χ3v) is 11.3. The van der Waals surface area contributed by atoms with Crippen LogP contribution in [0, 0.1) is 5.92 Å². The summed E-state index contributed by atoms with van der Waals surface area (Å²) >= 11 is 0. The second-order valence-electron chi connectivity index (χ2n) is 17.4. The van der Waals surface area contributed by atoms with Crippen molar-refractivity contribution >= 4 is 70.8 Å². The Balaban J connectivity index is 2.32. The van der Waals surface area contributed by atoms with Gasteiger partial charge >= 0.3 is 11.9 Å². The van der Waals surface area contributed by atoms with Crippen molar-refractivity contribution in [2.75, 3.05) is 25.4 Å². The van der Waals surface area contributed by atoms with E-state index in [1.165, 1.54) is 18.7 Å². The van der Waals surface area contributed by atoms with Crippen molar-refractivity contribution in [1.82, 2.24) is 42.1 Å². The number of nitrogens with zero attached hydrogens (tertiary/aromatic N) is 1. The first kappa shape index (κ1) is 59.2. The average Bonchev–Trinajstić information content (AvgIpc) is 3.79. The van der Waals surface area contributed by atoms with Crippen molar-refractivity contribution in [3.05, 3.63) is 29.8 Å². The number of carbonyl (C=O) groups is 11. The molecule has 1 saturated heterocycles. The molecule has 1 heterocycles. The van der Waals surface area contributed by atoms with Gasteiger partial charge in [-0.05, 0) is 89.0 Å². The topological polar surface area (TPSA) is 440 Å². The molecule has 0 unspecified atom stereocenters. The van der Waals surface area contributed by atoms with Gasteiger partial charge in [0.05, 0.1) is 12.6 Å². The third-order valence-electron chi connectivity index (χ3n) is 11.3. The van der Waals surface area contributed by atoms with E-state index in [9.17, 15) is 63.0 Å². The van der Waals surface area contributed by atoms with Gasteiger partial charge in [-0.3, -0.25) is 47.9 Å². The molecule has 0 radical (unpaired) electrons. The molecule has 70 heavy (non-hydrogen) atoms. The fourth-order valence-corrected chi connectivity index (χ4v) is 7.18. The largest absolute Gasteiger partial charge is 0.481 e. The van der Waals surface area contributed by atoms with Crippen LogP contribution in [0.1, 0.15) is 91.0 Å². The molecule has 9 amide bonds. The van der Waals surface area contributed by atoms with Gasteiger partial charge in [-0.1, -0.05) is 26.0 Å². The molecular formula is C44H70N12O14. The predicted octanol–water partition coefficient (Wildman–Crippen LogP) is -4.44. The number of likely N-dealkylation sites (tertiary alicyclic amines) is 1. The molecule has 1 aliphatic heterocycles. The standard InChI is InChI=1S/C44H70N12O14/c1-22(2)35(55-36(61)23(3)46)43(68)56-19-7-9-32(56)42(67)53-30(20-25-10-12-26(47)13-11-25)40(65)49-24(4)37(62)50-28(14-16-33(48)58)39(64)51-27(8-5-6-18-45)38(63)54-31(21-57)41(66)52-29(44(69)70)15-17-34(59)60/h10-13,22-24,27-32,35,57H,5-9,14-21,45-47H2,1-4H3,(H2,48,58)(H,49,65)(H,50,62)(H,51,64)(H,52,66)(H,53,67)(H,54,63)(H,55,61)(H,59,60)(H,69,70)/t23-,24-,27-,28-,29-,30-,31-,32-,35-/m0/s1. The van der Waals surface area contributed by atoms with Gasteiger partial charge in [0.2, 0.25) is 53.2 Å². The van der Waals surface area contributed by atoms with E-state index in [1.807, 2.05) is 0 Å². The lowest BCUT2D eigenvalue weighted by Crippen LogP contribution is -2.60. The van der Waals surface area contributed by atoms with E-state index in [2.05, 4.69) is 37.2 Å². The number of aliphatic hydroxyl groups excluding tert-OH is 1. The Bertz CT molecular complexity index is 2020. The molecule has 0 bridgehead atoms. The normalized spacial score (nSPS) is 16.7. The summed E-state index contributed by atoms with van der Waals surface area (Å²) in [6.45, 7) is 5.54. The number of hydrogen-bond acceptors (Lipinski definition) is 15. The third kappa shape index (κ3) is 19.6. The van der Waals surface area contributed by atoms with Crippen LogP contribution >= 0.6 is 0 Å². The lowest BCUT2D eigenvalue weighted by Gasteiger charge is -2.31. The Morgan fingerprint density at radius 1 is 0.671 bits per heavy atom. The number of benzene rings is 1. The zero-order valence-corrected chi connectivity index (χ0v) is 39.9. The van der Waals surface area contributed by atoms with E-state index in [4.69, 9.17) is 28.0 Å². The molecule has 9 atom stereocenters. The minimum absolute atomic E-state index is 0.0931. The molecular weight excluding hydrogens is 921 g/mol. The first-order chi connectivity index (χ1) is 32.9. The molecule has 1 aromatic rings. The second-order valence-corrected chi connectivity index (χ2v) is 17.4. The van der Waals surface area contributed by atoms with E-state index in [1.54, 1.807) is 38.1 Å². The monoisotopic (exact) mass is 991 g/mol. The number of carboxylic acids is 2. The fraction of sp³-hybridized carbons (Fsp3) is 0.614. The fourth-order valence-electron chi connectivity index (χ4n) is 7.18. The lowest BCUT2D eigenvalue weighted by atomic mass is 10.0. The average molecular weight is 991 g/mol. The Kier molecular flexibility index (Phi) is 24.7. The summed E-state index contributed by atoms with van der Waals surface area (Å²) in [6.07, 6.45) is -0.851. The number of aliphatic hydroxyl groups is 1. The van der Waals surface area contributed by atoms with Gasteiger partial charge < -0.3 is 80.4 Å². The van der Waals surface area contributed by atoms with E-state index in [0.717, 1.165) is 0 Å². The summed E-state index contributed by atoms with van der Waals surface area (Å²) in [6, 6.07) is -5.72. The van der Waals surface area contributed by atoms with Gasteiger partial charge in [0, 0.05) is 31.5 Å². The number of aliphatic carboxylic acids is 2. The number of unbranched alkanes of at least 4 members (excludes halogenated alkanes) is 1. The molecule has 2 rings (SSSR count). The maximum Gasteiger partial charge on any atom is 0.326 e. The van der Waals surface area contributed by atoms with E-state index < -0.39 is 152 Å². The lowest BCUT2D eigenvalue weighted by molar-refractivity contribution is -0.144. The number of nitrogens with one attached hydrogen (secondary N) is 7. The molecule has 1 aliphatic rings. The molecule has 26 heteroatoms. The number of carboxylic acid groups (broad SMARTS) is 2. The quantitative estimate of drug-likeness (QED) is 0.0255. The number of amides is 9.